The number of hydrogen-bond donors (Lipinski definition) is 2. The first-order valence-corrected chi connectivity index (χ1v) is 11.4. The molecule has 2 aromatic carbocycles. The van der Waals surface area contributed by atoms with Gasteiger partial charge in [0.2, 0.25) is 5.91 Å². The van der Waals surface area contributed by atoms with Crippen LogP contribution in [0.5, 0.6) is 5.75 Å². The highest BCUT2D eigenvalue weighted by atomic mass is 127. The van der Waals surface area contributed by atoms with Gasteiger partial charge in [0.1, 0.15) is 5.75 Å². The number of benzene rings is 2. The van der Waals surface area contributed by atoms with Gasteiger partial charge in [-0.05, 0) is 42.7 Å². The van der Waals surface area contributed by atoms with E-state index in [9.17, 15) is 4.79 Å². The first-order chi connectivity index (χ1) is 15.7. The number of amides is 1. The molecule has 0 unspecified atom stereocenters. The molecule has 0 bridgehead atoms. The van der Waals surface area contributed by atoms with Gasteiger partial charge in [-0.25, -0.2) is 0 Å². The molecule has 7 nitrogen and oxygen atoms in total. The molecular weight excluding hydrogens is 529 g/mol. The third kappa shape index (κ3) is 6.52. The number of carbonyl (C=O) groups is 1. The van der Waals surface area contributed by atoms with Crippen LogP contribution in [0.4, 0.5) is 11.4 Å². The summed E-state index contributed by atoms with van der Waals surface area (Å²) >= 11 is 0. The van der Waals surface area contributed by atoms with Crippen molar-refractivity contribution in [3.63, 3.8) is 0 Å². The van der Waals surface area contributed by atoms with Crippen LogP contribution in [0.25, 0.3) is 0 Å². The molecule has 2 N–H and O–H groups in total. The number of nitrogens with zero attached hydrogens (tertiary/aromatic N) is 3. The minimum atomic E-state index is 0. The molecule has 2 fully saturated rings. The molecule has 1 aliphatic carbocycles. The predicted molar refractivity (Wildman–Crippen MR) is 145 cm³/mol. The van der Waals surface area contributed by atoms with Crippen molar-refractivity contribution >= 4 is 47.2 Å². The summed E-state index contributed by atoms with van der Waals surface area (Å²) in [6.45, 7) is 4.31. The van der Waals surface area contributed by atoms with Crippen LogP contribution >= 0.6 is 24.0 Å². The zero-order valence-corrected chi connectivity index (χ0v) is 21.7. The largest absolute Gasteiger partial charge is 0.497 e. The lowest BCUT2D eigenvalue weighted by Gasteiger charge is -2.37. The van der Waals surface area contributed by atoms with Gasteiger partial charge in [0.15, 0.2) is 5.96 Å². The smallest absolute Gasteiger partial charge is 0.227 e. The van der Waals surface area contributed by atoms with Gasteiger partial charge in [0.25, 0.3) is 0 Å². The second-order valence-corrected chi connectivity index (χ2v) is 8.39. The third-order valence-electron chi connectivity index (χ3n) is 6.33. The van der Waals surface area contributed by atoms with Gasteiger partial charge in [-0.1, -0.05) is 24.6 Å². The number of halogens is 1. The van der Waals surface area contributed by atoms with E-state index in [0.29, 0.717) is 6.54 Å². The summed E-state index contributed by atoms with van der Waals surface area (Å²) in [5.41, 5.74) is 3.17. The highest BCUT2D eigenvalue weighted by molar-refractivity contribution is 14.0. The van der Waals surface area contributed by atoms with Gasteiger partial charge < -0.3 is 25.2 Å². The number of methoxy groups -OCH3 is 1. The molecule has 2 aromatic rings. The Balaban J connectivity index is 0.00000306. The molecule has 4 rings (SSSR count). The second-order valence-electron chi connectivity index (χ2n) is 8.39. The number of hydrogen-bond acceptors (Lipinski definition) is 4. The minimum Gasteiger partial charge on any atom is -0.497 e. The average molecular weight is 563 g/mol. The van der Waals surface area contributed by atoms with Crippen molar-refractivity contribution in [2.45, 2.75) is 25.8 Å². The minimum absolute atomic E-state index is 0. The van der Waals surface area contributed by atoms with Gasteiger partial charge in [-0.2, -0.15) is 0 Å². The molecule has 1 saturated heterocycles. The summed E-state index contributed by atoms with van der Waals surface area (Å²) in [6, 6.07) is 16.3. The van der Waals surface area contributed by atoms with Gasteiger partial charge in [-0.3, -0.25) is 9.79 Å². The summed E-state index contributed by atoms with van der Waals surface area (Å²) in [5.74, 6) is 2.12. The van der Waals surface area contributed by atoms with Crippen LogP contribution in [-0.4, -0.2) is 57.1 Å². The third-order valence-corrected chi connectivity index (χ3v) is 6.33. The quantitative estimate of drug-likeness (QED) is 0.317. The summed E-state index contributed by atoms with van der Waals surface area (Å²) in [6.07, 6.45) is 3.18. The molecule has 8 heteroatoms. The number of nitrogens with one attached hydrogen (secondary N) is 2. The lowest BCUT2D eigenvalue weighted by Crippen LogP contribution is -2.52. The fraction of sp³-hybridized carbons (Fsp3) is 0.440. The number of piperazine rings is 1. The molecule has 1 heterocycles. The monoisotopic (exact) mass is 563 g/mol. The van der Waals surface area contributed by atoms with Crippen molar-refractivity contribution < 1.29 is 9.53 Å². The van der Waals surface area contributed by atoms with E-state index in [1.165, 1.54) is 5.69 Å². The number of guanidine groups is 1. The zero-order chi connectivity index (χ0) is 22.3. The Kier molecular flexibility index (Phi) is 9.22. The second kappa shape index (κ2) is 12.1. The Bertz CT molecular complexity index is 955. The molecule has 0 radical (unpaired) electrons. The van der Waals surface area contributed by atoms with Crippen molar-refractivity contribution in [2.24, 2.45) is 10.9 Å². The van der Waals surface area contributed by atoms with Crippen LogP contribution in [0.1, 0.15) is 24.8 Å². The van der Waals surface area contributed by atoms with Crippen LogP contribution in [-0.2, 0) is 11.3 Å². The molecule has 1 amide bonds. The molecule has 1 aliphatic heterocycles. The molecular formula is C25H34IN5O2. The topological polar surface area (TPSA) is 69.2 Å². The molecule has 2 aliphatic rings. The van der Waals surface area contributed by atoms with Crippen LogP contribution in [0.3, 0.4) is 0 Å². The van der Waals surface area contributed by atoms with Crippen LogP contribution in [0.15, 0.2) is 53.5 Å². The molecule has 0 aromatic heterocycles. The maximum Gasteiger partial charge on any atom is 0.227 e. The van der Waals surface area contributed by atoms with E-state index in [1.54, 1.807) is 7.11 Å². The standard InChI is InChI=1S/C25H33N5O2.HI/c1-26-25(30-14-12-29(13-15-30)22-10-5-11-23(17-22)32-2)27-18-19-6-3-9-21(16-19)28-24(31)20-7-4-8-20;/h3,5-6,9-11,16-17,20H,4,7-8,12-15,18H2,1-2H3,(H,26,27)(H,28,31);1H. The van der Waals surface area contributed by atoms with Gasteiger partial charge in [0, 0.05) is 63.1 Å². The number of carbonyl (C=O) groups excluding carboxylic acids is 1. The number of rotatable bonds is 6. The maximum atomic E-state index is 12.2. The molecule has 0 atom stereocenters. The van der Waals surface area contributed by atoms with Crippen LogP contribution < -0.4 is 20.3 Å². The predicted octanol–water partition coefficient (Wildman–Crippen LogP) is 3.95. The summed E-state index contributed by atoms with van der Waals surface area (Å²) < 4.78 is 5.36. The molecule has 178 valence electrons. The van der Waals surface area contributed by atoms with Crippen molar-refractivity contribution in [1.29, 1.82) is 0 Å². The number of anilines is 2. The summed E-state index contributed by atoms with van der Waals surface area (Å²) in [5, 5.41) is 6.53. The molecule has 0 spiro atoms. The van der Waals surface area contributed by atoms with Gasteiger partial charge in [-0.15, -0.1) is 24.0 Å². The van der Waals surface area contributed by atoms with E-state index >= 15 is 0 Å². The first-order valence-electron chi connectivity index (χ1n) is 11.4. The van der Waals surface area contributed by atoms with E-state index in [2.05, 4.69) is 43.6 Å². The first kappa shape index (κ1) is 25.1. The van der Waals surface area contributed by atoms with Gasteiger partial charge in [0.05, 0.1) is 7.11 Å². The van der Waals surface area contributed by atoms with E-state index in [0.717, 1.165) is 68.4 Å². The number of ether oxygens (including phenoxy) is 1. The van der Waals surface area contributed by atoms with E-state index in [4.69, 9.17) is 4.74 Å². The SMILES string of the molecule is CN=C(NCc1cccc(NC(=O)C2CCC2)c1)N1CCN(c2cccc(OC)c2)CC1.I. The van der Waals surface area contributed by atoms with E-state index < -0.39 is 0 Å². The number of aliphatic imine (C=N–C) groups is 1. The van der Waals surface area contributed by atoms with E-state index in [1.807, 2.05) is 37.4 Å². The maximum absolute atomic E-state index is 12.2. The Morgan fingerprint density at radius 1 is 1.09 bits per heavy atom. The summed E-state index contributed by atoms with van der Waals surface area (Å²) in [7, 11) is 3.52. The summed E-state index contributed by atoms with van der Waals surface area (Å²) in [4.78, 5) is 21.4. The molecule has 1 saturated carbocycles. The Hall–Kier alpha value is -2.49. The highest BCUT2D eigenvalue weighted by Crippen LogP contribution is 2.27. The highest BCUT2D eigenvalue weighted by Gasteiger charge is 2.25. The Morgan fingerprint density at radius 3 is 2.52 bits per heavy atom. The van der Waals surface area contributed by atoms with Crippen LogP contribution in [0, 0.1) is 5.92 Å². The lowest BCUT2D eigenvalue weighted by molar-refractivity contribution is -0.122. The van der Waals surface area contributed by atoms with Crippen molar-refractivity contribution in [1.82, 2.24) is 10.2 Å². The van der Waals surface area contributed by atoms with Crippen molar-refractivity contribution in [2.75, 3.05) is 50.6 Å². The van der Waals surface area contributed by atoms with Crippen molar-refractivity contribution in [3.8, 4) is 5.75 Å². The lowest BCUT2D eigenvalue weighted by atomic mass is 9.85. The molecule has 33 heavy (non-hydrogen) atoms. The fourth-order valence-corrected chi connectivity index (χ4v) is 4.17. The van der Waals surface area contributed by atoms with Crippen molar-refractivity contribution in [3.05, 3.63) is 54.1 Å². The van der Waals surface area contributed by atoms with Crippen LogP contribution in [0.2, 0.25) is 0 Å². The van der Waals surface area contributed by atoms with Gasteiger partial charge >= 0.3 is 0 Å². The van der Waals surface area contributed by atoms with E-state index in [-0.39, 0.29) is 35.8 Å². The zero-order valence-electron chi connectivity index (χ0n) is 19.4. The normalized spacial score (nSPS) is 16.5. The fourth-order valence-electron chi connectivity index (χ4n) is 4.17. The Morgan fingerprint density at radius 2 is 1.85 bits per heavy atom. The Labute approximate surface area is 213 Å². The average Bonchev–Trinajstić information content (AvgIpc) is 2.79.